The van der Waals surface area contributed by atoms with Crippen LogP contribution < -0.4 is 10.5 Å². The van der Waals surface area contributed by atoms with Gasteiger partial charge in [-0.3, -0.25) is 5.10 Å². The maximum atomic E-state index is 11.2. The Morgan fingerprint density at radius 3 is 2.22 bits per heavy atom. The average molecular weight is 422 g/mol. The number of hydrogen-bond acceptors (Lipinski definition) is 5. The molecule has 0 aliphatic rings. The summed E-state index contributed by atoms with van der Waals surface area (Å²) >= 11 is 0. The molecule has 7 nitrogen and oxygen atoms in total. The van der Waals surface area contributed by atoms with Crippen LogP contribution in [0.2, 0.25) is 0 Å². The van der Waals surface area contributed by atoms with Gasteiger partial charge in [0.1, 0.15) is 11.5 Å². The van der Waals surface area contributed by atoms with E-state index in [1.165, 1.54) is 0 Å². The van der Waals surface area contributed by atoms with E-state index in [4.69, 9.17) is 15.6 Å². The number of nitrogen functional groups attached to an aromatic ring is 1. The highest BCUT2D eigenvalue weighted by molar-refractivity contribution is 6.01. The standard InChI is InChI=1S/C25H18N4O3/c26-23-22-20(15-10-12-19(13-11-15)32-18-4-2-1-3-5-18)14-21(27-24(22)29-28-23)16-6-8-17(9-7-16)25(30)31/h1-14H,(H,30,31)(H3,26,27,28,29). The second-order valence-electron chi connectivity index (χ2n) is 7.21. The van der Waals surface area contributed by atoms with Crippen LogP contribution in [0.1, 0.15) is 10.4 Å². The molecule has 2 heterocycles. The fourth-order valence-corrected chi connectivity index (χ4v) is 3.54. The first-order chi connectivity index (χ1) is 15.6. The summed E-state index contributed by atoms with van der Waals surface area (Å²) in [5, 5.41) is 16.9. The first kappa shape index (κ1) is 19.3. The molecule has 5 aromatic rings. The number of hydrogen-bond donors (Lipinski definition) is 3. The van der Waals surface area contributed by atoms with Gasteiger partial charge in [-0.15, -0.1) is 0 Å². The molecule has 0 saturated heterocycles. The maximum absolute atomic E-state index is 11.2. The normalized spacial score (nSPS) is 10.9. The van der Waals surface area contributed by atoms with E-state index in [1.807, 2.05) is 60.7 Å². The molecule has 0 radical (unpaired) electrons. The molecule has 0 unspecified atom stereocenters. The number of anilines is 1. The van der Waals surface area contributed by atoms with E-state index >= 15 is 0 Å². The van der Waals surface area contributed by atoms with Gasteiger partial charge in [0, 0.05) is 5.56 Å². The van der Waals surface area contributed by atoms with Crippen molar-refractivity contribution >= 4 is 22.8 Å². The molecule has 5 rings (SSSR count). The van der Waals surface area contributed by atoms with Gasteiger partial charge in [0.25, 0.3) is 0 Å². The molecule has 2 aromatic heterocycles. The van der Waals surface area contributed by atoms with Gasteiger partial charge in [-0.2, -0.15) is 5.10 Å². The molecule has 0 saturated carbocycles. The van der Waals surface area contributed by atoms with Gasteiger partial charge < -0.3 is 15.6 Å². The van der Waals surface area contributed by atoms with Crippen molar-refractivity contribution in [2.45, 2.75) is 0 Å². The molecular formula is C25H18N4O3. The molecule has 32 heavy (non-hydrogen) atoms. The van der Waals surface area contributed by atoms with Crippen LogP contribution in [0, 0.1) is 0 Å². The molecule has 0 aliphatic heterocycles. The highest BCUT2D eigenvalue weighted by Gasteiger charge is 2.15. The fraction of sp³-hybridized carbons (Fsp3) is 0. The van der Waals surface area contributed by atoms with Gasteiger partial charge in [-0.1, -0.05) is 42.5 Å². The van der Waals surface area contributed by atoms with Gasteiger partial charge in [0.2, 0.25) is 0 Å². The Morgan fingerprint density at radius 2 is 1.53 bits per heavy atom. The SMILES string of the molecule is Nc1n[nH]c2nc(-c3ccc(C(=O)O)cc3)cc(-c3ccc(Oc4ccccc4)cc3)c12. The number of aromatic nitrogens is 3. The van der Waals surface area contributed by atoms with Crippen molar-refractivity contribution in [2.24, 2.45) is 0 Å². The summed E-state index contributed by atoms with van der Waals surface area (Å²) in [6.45, 7) is 0. The number of carboxylic acids is 1. The lowest BCUT2D eigenvalue weighted by molar-refractivity contribution is 0.0697. The van der Waals surface area contributed by atoms with E-state index in [1.54, 1.807) is 24.3 Å². The van der Waals surface area contributed by atoms with Crippen molar-refractivity contribution in [2.75, 3.05) is 5.73 Å². The number of carboxylic acid groups (broad SMARTS) is 1. The van der Waals surface area contributed by atoms with Gasteiger partial charge in [-0.05, 0) is 53.6 Å². The number of benzene rings is 3. The van der Waals surface area contributed by atoms with Crippen molar-refractivity contribution in [3.8, 4) is 33.9 Å². The lowest BCUT2D eigenvalue weighted by atomic mass is 9.99. The van der Waals surface area contributed by atoms with Crippen LogP contribution in [-0.2, 0) is 0 Å². The first-order valence-corrected chi connectivity index (χ1v) is 9.90. The van der Waals surface area contributed by atoms with E-state index in [9.17, 15) is 4.79 Å². The summed E-state index contributed by atoms with van der Waals surface area (Å²) in [5.74, 6) is 0.868. The number of ether oxygens (including phenoxy) is 1. The summed E-state index contributed by atoms with van der Waals surface area (Å²) < 4.78 is 5.89. The van der Waals surface area contributed by atoms with E-state index in [0.29, 0.717) is 17.2 Å². The zero-order chi connectivity index (χ0) is 22.1. The lowest BCUT2D eigenvalue weighted by Crippen LogP contribution is -1.96. The smallest absolute Gasteiger partial charge is 0.335 e. The van der Waals surface area contributed by atoms with Crippen molar-refractivity contribution in [1.29, 1.82) is 0 Å². The van der Waals surface area contributed by atoms with Gasteiger partial charge in [-0.25, -0.2) is 9.78 Å². The van der Waals surface area contributed by atoms with Crippen molar-refractivity contribution < 1.29 is 14.6 Å². The Balaban J connectivity index is 1.55. The minimum Gasteiger partial charge on any atom is -0.478 e. The van der Waals surface area contributed by atoms with Gasteiger partial charge >= 0.3 is 5.97 Å². The van der Waals surface area contributed by atoms with E-state index < -0.39 is 5.97 Å². The molecule has 0 aliphatic carbocycles. The highest BCUT2D eigenvalue weighted by Crippen LogP contribution is 2.35. The molecule has 0 fully saturated rings. The largest absolute Gasteiger partial charge is 0.478 e. The topological polar surface area (TPSA) is 114 Å². The van der Waals surface area contributed by atoms with Crippen LogP contribution >= 0.6 is 0 Å². The van der Waals surface area contributed by atoms with Crippen LogP contribution in [0.3, 0.4) is 0 Å². The number of para-hydroxylation sites is 1. The summed E-state index contributed by atoms with van der Waals surface area (Å²) in [6, 6.07) is 25.8. The van der Waals surface area contributed by atoms with Crippen LogP contribution in [0.15, 0.2) is 84.9 Å². The van der Waals surface area contributed by atoms with Crippen molar-refractivity contribution in [3.63, 3.8) is 0 Å². The van der Waals surface area contributed by atoms with Crippen molar-refractivity contribution in [1.82, 2.24) is 15.2 Å². The molecule has 0 spiro atoms. The minimum absolute atomic E-state index is 0.217. The lowest BCUT2D eigenvalue weighted by Gasteiger charge is -2.10. The molecular weight excluding hydrogens is 404 g/mol. The molecule has 3 aromatic carbocycles. The number of H-pyrrole nitrogens is 1. The molecule has 0 bridgehead atoms. The van der Waals surface area contributed by atoms with Crippen LogP contribution in [0.4, 0.5) is 5.82 Å². The fourth-order valence-electron chi connectivity index (χ4n) is 3.54. The average Bonchev–Trinajstić information content (AvgIpc) is 3.20. The van der Waals surface area contributed by atoms with Crippen molar-refractivity contribution in [3.05, 3.63) is 90.5 Å². The number of rotatable bonds is 5. The Morgan fingerprint density at radius 1 is 0.875 bits per heavy atom. The molecule has 0 atom stereocenters. The van der Waals surface area contributed by atoms with Gasteiger partial charge in [0.05, 0.1) is 16.6 Å². The molecule has 0 amide bonds. The predicted molar refractivity (Wildman–Crippen MR) is 123 cm³/mol. The number of nitrogens with two attached hydrogens (primary N) is 1. The van der Waals surface area contributed by atoms with Gasteiger partial charge in [0.15, 0.2) is 11.5 Å². The monoisotopic (exact) mass is 422 g/mol. The third kappa shape index (κ3) is 3.63. The number of carbonyl (C=O) groups is 1. The minimum atomic E-state index is -0.972. The first-order valence-electron chi connectivity index (χ1n) is 9.90. The number of pyridine rings is 1. The second kappa shape index (κ2) is 7.88. The molecule has 7 heteroatoms. The number of aromatic amines is 1. The van der Waals surface area contributed by atoms with Crippen LogP contribution in [-0.4, -0.2) is 26.3 Å². The number of nitrogens with zero attached hydrogens (tertiary/aromatic N) is 2. The second-order valence-corrected chi connectivity index (χ2v) is 7.21. The van der Waals surface area contributed by atoms with E-state index in [-0.39, 0.29) is 5.56 Å². The third-order valence-corrected chi connectivity index (χ3v) is 5.13. The Kier molecular flexibility index (Phi) is 4.76. The Bertz CT molecular complexity index is 1410. The zero-order valence-electron chi connectivity index (χ0n) is 16.8. The number of nitrogens with one attached hydrogen (secondary N) is 1. The molecule has 156 valence electrons. The maximum Gasteiger partial charge on any atom is 0.335 e. The van der Waals surface area contributed by atoms with Crippen LogP contribution in [0.5, 0.6) is 11.5 Å². The number of fused-ring (bicyclic) bond motifs is 1. The highest BCUT2D eigenvalue weighted by atomic mass is 16.5. The van der Waals surface area contributed by atoms with Crippen LogP contribution in [0.25, 0.3) is 33.4 Å². The predicted octanol–water partition coefficient (Wildman–Crippen LogP) is 5.36. The third-order valence-electron chi connectivity index (χ3n) is 5.13. The summed E-state index contributed by atoms with van der Waals surface area (Å²) in [5.41, 5.74) is 10.1. The quantitative estimate of drug-likeness (QED) is 0.351. The molecule has 4 N–H and O–H groups in total. The Labute approximate surface area is 183 Å². The van der Waals surface area contributed by atoms with E-state index in [0.717, 1.165) is 33.6 Å². The summed E-state index contributed by atoms with van der Waals surface area (Å²) in [4.78, 5) is 15.8. The number of aromatic carboxylic acids is 1. The summed E-state index contributed by atoms with van der Waals surface area (Å²) in [6.07, 6.45) is 0. The summed E-state index contributed by atoms with van der Waals surface area (Å²) in [7, 11) is 0. The zero-order valence-corrected chi connectivity index (χ0v) is 16.8. The Hall–Kier alpha value is -4.65. The van der Waals surface area contributed by atoms with E-state index in [2.05, 4.69) is 15.2 Å².